The summed E-state index contributed by atoms with van der Waals surface area (Å²) >= 11 is 0. The van der Waals surface area contributed by atoms with Crippen LogP contribution < -0.4 is 11.1 Å². The Balaban J connectivity index is 2.74. The second-order valence-electron chi connectivity index (χ2n) is 2.43. The van der Waals surface area contributed by atoms with Gasteiger partial charge in [0.15, 0.2) is 0 Å². The molecule has 0 aliphatic carbocycles. The Hall–Kier alpha value is -1.02. The summed E-state index contributed by atoms with van der Waals surface area (Å²) < 4.78 is 0. The van der Waals surface area contributed by atoms with Gasteiger partial charge in [-0.05, 0) is 24.1 Å². The summed E-state index contributed by atoms with van der Waals surface area (Å²) in [6, 6.07) is 8.29. The molecule has 0 aliphatic heterocycles. The molecule has 0 unspecified atom stereocenters. The van der Waals surface area contributed by atoms with Crippen LogP contribution in [0.3, 0.4) is 0 Å². The minimum absolute atomic E-state index is 0.493. The zero-order valence-electron chi connectivity index (χ0n) is 6.80. The van der Waals surface area contributed by atoms with E-state index in [4.69, 9.17) is 5.73 Å². The molecular weight excluding hydrogens is 136 g/mol. The van der Waals surface area contributed by atoms with Crippen molar-refractivity contribution in [3.63, 3.8) is 0 Å². The predicted molar refractivity (Wildman–Crippen MR) is 48.5 cm³/mol. The molecule has 0 saturated heterocycles. The van der Waals surface area contributed by atoms with E-state index in [-0.39, 0.29) is 0 Å². The van der Waals surface area contributed by atoms with Crippen LogP contribution in [0.2, 0.25) is 0 Å². The maximum atomic E-state index is 5.34. The highest BCUT2D eigenvalue weighted by Gasteiger charge is 1.90. The summed E-state index contributed by atoms with van der Waals surface area (Å²) in [5, 5.41) is 3.06. The van der Waals surface area contributed by atoms with Crippen LogP contribution in [0.15, 0.2) is 24.3 Å². The van der Waals surface area contributed by atoms with E-state index in [0.717, 1.165) is 12.1 Å². The number of nitrogens with two attached hydrogens (primary N) is 1. The third-order valence-corrected chi connectivity index (χ3v) is 1.64. The van der Waals surface area contributed by atoms with Gasteiger partial charge in [-0.3, -0.25) is 0 Å². The Labute approximate surface area is 67.4 Å². The van der Waals surface area contributed by atoms with Crippen LogP contribution in [0, 0.1) is 0 Å². The Kier molecular flexibility index (Phi) is 2.93. The zero-order valence-corrected chi connectivity index (χ0v) is 6.80. The van der Waals surface area contributed by atoms with E-state index in [1.807, 2.05) is 12.1 Å². The number of anilines is 1. The van der Waals surface area contributed by atoms with Crippen LogP contribution in [0.1, 0.15) is 12.5 Å². The molecule has 0 fully saturated rings. The molecule has 11 heavy (non-hydrogen) atoms. The van der Waals surface area contributed by atoms with Gasteiger partial charge in [0.25, 0.3) is 0 Å². The van der Waals surface area contributed by atoms with Crippen molar-refractivity contribution >= 4 is 5.69 Å². The van der Waals surface area contributed by atoms with Gasteiger partial charge in [-0.1, -0.05) is 19.1 Å². The first-order valence-electron chi connectivity index (χ1n) is 3.89. The number of aryl methyl sites for hydroxylation is 1. The van der Waals surface area contributed by atoms with Gasteiger partial charge in [0.2, 0.25) is 0 Å². The van der Waals surface area contributed by atoms with Gasteiger partial charge in [0.05, 0.1) is 6.67 Å². The molecule has 0 amide bonds. The highest BCUT2D eigenvalue weighted by Crippen LogP contribution is 2.09. The van der Waals surface area contributed by atoms with Crippen molar-refractivity contribution in [1.82, 2.24) is 0 Å². The molecule has 60 valence electrons. The van der Waals surface area contributed by atoms with E-state index in [2.05, 4.69) is 24.4 Å². The monoisotopic (exact) mass is 150 g/mol. The van der Waals surface area contributed by atoms with Gasteiger partial charge in [-0.2, -0.15) is 0 Å². The fourth-order valence-electron chi connectivity index (χ4n) is 1.02. The van der Waals surface area contributed by atoms with E-state index < -0.39 is 0 Å². The lowest BCUT2D eigenvalue weighted by atomic mass is 10.1. The molecule has 0 atom stereocenters. The molecule has 0 bridgehead atoms. The predicted octanol–water partition coefficient (Wildman–Crippen LogP) is 1.58. The summed E-state index contributed by atoms with van der Waals surface area (Å²) in [5.41, 5.74) is 7.78. The van der Waals surface area contributed by atoms with Crippen molar-refractivity contribution in [2.24, 2.45) is 5.73 Å². The van der Waals surface area contributed by atoms with E-state index >= 15 is 0 Å². The average molecular weight is 150 g/mol. The smallest absolute Gasteiger partial charge is 0.0628 e. The van der Waals surface area contributed by atoms with Gasteiger partial charge in [0, 0.05) is 5.69 Å². The highest BCUT2D eigenvalue weighted by atomic mass is 15.0. The van der Waals surface area contributed by atoms with Crippen LogP contribution >= 0.6 is 0 Å². The molecule has 0 saturated carbocycles. The molecule has 2 nitrogen and oxygen atoms in total. The maximum absolute atomic E-state index is 5.34. The molecule has 0 heterocycles. The zero-order chi connectivity index (χ0) is 8.10. The van der Waals surface area contributed by atoms with Crippen LogP contribution in [-0.2, 0) is 6.42 Å². The highest BCUT2D eigenvalue weighted by molar-refractivity contribution is 5.45. The van der Waals surface area contributed by atoms with Crippen molar-refractivity contribution in [2.75, 3.05) is 12.0 Å². The second-order valence-corrected chi connectivity index (χ2v) is 2.43. The molecular formula is C9H14N2. The van der Waals surface area contributed by atoms with Gasteiger partial charge < -0.3 is 11.1 Å². The largest absolute Gasteiger partial charge is 0.373 e. The molecule has 1 rings (SSSR count). The topological polar surface area (TPSA) is 38.0 Å². The van der Waals surface area contributed by atoms with Crippen LogP contribution in [-0.4, -0.2) is 6.67 Å². The van der Waals surface area contributed by atoms with Crippen molar-refractivity contribution in [2.45, 2.75) is 13.3 Å². The number of benzene rings is 1. The minimum Gasteiger partial charge on any atom is -0.373 e. The second kappa shape index (κ2) is 3.98. The van der Waals surface area contributed by atoms with E-state index in [9.17, 15) is 0 Å². The number of hydrogen-bond acceptors (Lipinski definition) is 2. The Bertz CT molecular complexity index is 221. The molecule has 0 spiro atoms. The maximum Gasteiger partial charge on any atom is 0.0628 e. The van der Waals surface area contributed by atoms with Crippen molar-refractivity contribution in [1.29, 1.82) is 0 Å². The van der Waals surface area contributed by atoms with Crippen LogP contribution in [0.4, 0.5) is 5.69 Å². The first-order chi connectivity index (χ1) is 5.36. The lowest BCUT2D eigenvalue weighted by Crippen LogP contribution is -2.10. The average Bonchev–Trinajstić information content (AvgIpc) is 2.06. The Morgan fingerprint density at radius 3 is 2.91 bits per heavy atom. The first kappa shape index (κ1) is 8.08. The van der Waals surface area contributed by atoms with Gasteiger partial charge in [0.1, 0.15) is 0 Å². The molecule has 2 heteroatoms. The summed E-state index contributed by atoms with van der Waals surface area (Å²) in [5.74, 6) is 0. The third-order valence-electron chi connectivity index (χ3n) is 1.64. The minimum atomic E-state index is 0.493. The third kappa shape index (κ3) is 2.24. The lowest BCUT2D eigenvalue weighted by Gasteiger charge is -2.03. The summed E-state index contributed by atoms with van der Waals surface area (Å²) in [7, 11) is 0. The quantitative estimate of drug-likeness (QED) is 0.642. The van der Waals surface area contributed by atoms with Crippen molar-refractivity contribution < 1.29 is 0 Å². The summed E-state index contributed by atoms with van der Waals surface area (Å²) in [6.07, 6.45) is 1.07. The molecule has 0 radical (unpaired) electrons. The van der Waals surface area contributed by atoms with Crippen LogP contribution in [0.5, 0.6) is 0 Å². The van der Waals surface area contributed by atoms with Gasteiger partial charge in [-0.25, -0.2) is 0 Å². The Morgan fingerprint density at radius 1 is 1.45 bits per heavy atom. The molecule has 1 aromatic rings. The fourth-order valence-corrected chi connectivity index (χ4v) is 1.02. The van der Waals surface area contributed by atoms with Crippen molar-refractivity contribution in [3.05, 3.63) is 29.8 Å². The van der Waals surface area contributed by atoms with Crippen molar-refractivity contribution in [3.8, 4) is 0 Å². The number of hydrogen-bond donors (Lipinski definition) is 2. The lowest BCUT2D eigenvalue weighted by molar-refractivity contribution is 1.12. The Morgan fingerprint density at radius 2 is 2.27 bits per heavy atom. The van der Waals surface area contributed by atoms with Gasteiger partial charge >= 0.3 is 0 Å². The first-order valence-corrected chi connectivity index (χ1v) is 3.89. The summed E-state index contributed by atoms with van der Waals surface area (Å²) in [4.78, 5) is 0. The normalized spacial score (nSPS) is 9.64. The number of rotatable bonds is 3. The SMILES string of the molecule is CCc1cccc(NCN)c1. The van der Waals surface area contributed by atoms with E-state index in [1.54, 1.807) is 0 Å². The standard InChI is InChI=1S/C9H14N2/c1-2-8-4-3-5-9(6-8)11-7-10/h3-6,11H,2,7,10H2,1H3. The van der Waals surface area contributed by atoms with Crippen LogP contribution in [0.25, 0.3) is 0 Å². The van der Waals surface area contributed by atoms with Gasteiger partial charge in [-0.15, -0.1) is 0 Å². The molecule has 0 aromatic heterocycles. The molecule has 1 aromatic carbocycles. The molecule has 0 aliphatic rings. The number of nitrogens with one attached hydrogen (secondary N) is 1. The molecule has 3 N–H and O–H groups in total. The fraction of sp³-hybridized carbons (Fsp3) is 0.333. The summed E-state index contributed by atoms with van der Waals surface area (Å²) in [6.45, 7) is 2.63. The van der Waals surface area contributed by atoms with E-state index in [1.165, 1.54) is 5.56 Å². The van der Waals surface area contributed by atoms with E-state index in [0.29, 0.717) is 6.67 Å².